The average Bonchev–Trinajstić information content (AvgIpc) is 3.15. The summed E-state index contributed by atoms with van der Waals surface area (Å²) in [7, 11) is -3.69. The van der Waals surface area contributed by atoms with Gasteiger partial charge in [0.05, 0.1) is 4.90 Å². The molecule has 8 nitrogen and oxygen atoms in total. The van der Waals surface area contributed by atoms with Crippen LogP contribution in [0.1, 0.15) is 34.7 Å². The van der Waals surface area contributed by atoms with Crippen molar-refractivity contribution in [1.29, 1.82) is 0 Å². The van der Waals surface area contributed by atoms with Crippen LogP contribution in [-0.2, 0) is 16.4 Å². The minimum Gasteiger partial charge on any atom is -0.356 e. The van der Waals surface area contributed by atoms with Crippen molar-refractivity contribution >= 4 is 21.7 Å². The number of hydrogen-bond donors (Lipinski definition) is 2. The van der Waals surface area contributed by atoms with E-state index in [2.05, 4.69) is 20.2 Å². The van der Waals surface area contributed by atoms with E-state index < -0.39 is 10.0 Å². The highest BCUT2D eigenvalue weighted by molar-refractivity contribution is 7.89. The molecule has 0 saturated carbocycles. The first-order valence-corrected chi connectivity index (χ1v) is 10.4. The van der Waals surface area contributed by atoms with Crippen LogP contribution < -0.4 is 15.4 Å². The number of anilines is 1. The number of carbonyl (C=O) groups excluding carboxylic acids is 1. The van der Waals surface area contributed by atoms with Gasteiger partial charge >= 0.3 is 0 Å². The third-order valence-corrected chi connectivity index (χ3v) is 5.37. The first-order chi connectivity index (χ1) is 12.8. The lowest BCUT2D eigenvalue weighted by molar-refractivity contribution is 0.0948. The molecule has 0 aliphatic carbocycles. The van der Waals surface area contributed by atoms with Crippen LogP contribution in [0, 0.1) is 6.92 Å². The summed E-state index contributed by atoms with van der Waals surface area (Å²) < 4.78 is 22.5. The third kappa shape index (κ3) is 5.01. The van der Waals surface area contributed by atoms with Gasteiger partial charge in [0.15, 0.2) is 0 Å². The number of benzene rings is 1. The van der Waals surface area contributed by atoms with Crippen LogP contribution in [-0.4, -0.2) is 43.9 Å². The number of nitrogens with two attached hydrogens (primary N) is 1. The first-order valence-electron chi connectivity index (χ1n) is 8.83. The predicted molar refractivity (Wildman–Crippen MR) is 102 cm³/mol. The van der Waals surface area contributed by atoms with Crippen molar-refractivity contribution in [1.82, 2.24) is 15.3 Å². The van der Waals surface area contributed by atoms with Crippen LogP contribution in [0.4, 0.5) is 5.82 Å². The zero-order valence-electron chi connectivity index (χ0n) is 15.2. The predicted octanol–water partition coefficient (Wildman–Crippen LogP) is 1.01. The summed E-state index contributed by atoms with van der Waals surface area (Å²) in [6.07, 6.45) is 2.84. The van der Waals surface area contributed by atoms with Crippen molar-refractivity contribution in [2.24, 2.45) is 5.14 Å². The van der Waals surface area contributed by atoms with E-state index in [1.807, 2.05) is 0 Å². The Hall–Kier alpha value is -2.52. The SMILES string of the molecule is Cc1nc(C(=O)NCCc2ccc(S(N)(=O)=O)cc2)cc(N2CCCC2)n1. The maximum atomic E-state index is 12.4. The minimum absolute atomic E-state index is 0.0705. The highest BCUT2D eigenvalue weighted by atomic mass is 32.2. The fraction of sp³-hybridized carbons (Fsp3) is 0.389. The van der Waals surface area contributed by atoms with E-state index >= 15 is 0 Å². The van der Waals surface area contributed by atoms with E-state index in [9.17, 15) is 13.2 Å². The molecule has 0 unspecified atom stereocenters. The number of primary sulfonamides is 1. The van der Waals surface area contributed by atoms with Gasteiger partial charge in [-0.05, 0) is 43.9 Å². The molecule has 3 N–H and O–H groups in total. The van der Waals surface area contributed by atoms with Crippen molar-refractivity contribution in [3.8, 4) is 0 Å². The van der Waals surface area contributed by atoms with Gasteiger partial charge in [-0.1, -0.05) is 12.1 Å². The molecule has 0 bridgehead atoms. The van der Waals surface area contributed by atoms with E-state index in [0.717, 1.165) is 37.3 Å². The lowest BCUT2D eigenvalue weighted by Crippen LogP contribution is -2.28. The van der Waals surface area contributed by atoms with Crippen LogP contribution >= 0.6 is 0 Å². The Balaban J connectivity index is 1.59. The summed E-state index contributed by atoms with van der Waals surface area (Å²) in [5.41, 5.74) is 1.26. The van der Waals surface area contributed by atoms with Gasteiger partial charge in [0.1, 0.15) is 17.3 Å². The zero-order chi connectivity index (χ0) is 19.4. The van der Waals surface area contributed by atoms with Crippen molar-refractivity contribution in [2.75, 3.05) is 24.5 Å². The number of aromatic nitrogens is 2. The molecular weight excluding hydrogens is 366 g/mol. The molecule has 27 heavy (non-hydrogen) atoms. The summed E-state index contributed by atoms with van der Waals surface area (Å²) in [5.74, 6) is 1.12. The van der Waals surface area contributed by atoms with E-state index in [0.29, 0.717) is 24.5 Å². The normalized spacial score (nSPS) is 14.4. The van der Waals surface area contributed by atoms with Crippen molar-refractivity contribution in [3.63, 3.8) is 0 Å². The van der Waals surface area contributed by atoms with E-state index in [1.54, 1.807) is 25.1 Å². The van der Waals surface area contributed by atoms with Gasteiger partial charge in [0, 0.05) is 25.7 Å². The largest absolute Gasteiger partial charge is 0.356 e. The smallest absolute Gasteiger partial charge is 0.270 e. The molecule has 0 spiro atoms. The molecule has 1 aromatic carbocycles. The van der Waals surface area contributed by atoms with Gasteiger partial charge < -0.3 is 10.2 Å². The molecule has 1 fully saturated rings. The maximum absolute atomic E-state index is 12.4. The van der Waals surface area contributed by atoms with Crippen molar-refractivity contribution < 1.29 is 13.2 Å². The molecule has 1 saturated heterocycles. The Morgan fingerprint density at radius 2 is 1.85 bits per heavy atom. The number of carbonyl (C=O) groups is 1. The summed E-state index contributed by atoms with van der Waals surface area (Å²) >= 11 is 0. The van der Waals surface area contributed by atoms with Crippen LogP contribution in [0.25, 0.3) is 0 Å². The summed E-state index contributed by atoms with van der Waals surface area (Å²) in [5, 5.41) is 7.93. The van der Waals surface area contributed by atoms with Gasteiger partial charge in [0.25, 0.3) is 5.91 Å². The molecule has 3 rings (SSSR count). The number of amides is 1. The molecule has 1 aromatic heterocycles. The van der Waals surface area contributed by atoms with Crippen molar-refractivity contribution in [2.45, 2.75) is 31.1 Å². The Bertz CT molecular complexity index is 923. The van der Waals surface area contributed by atoms with E-state index in [-0.39, 0.29) is 10.8 Å². The molecule has 9 heteroatoms. The molecule has 2 aromatic rings. The fourth-order valence-corrected chi connectivity index (χ4v) is 3.55. The molecular formula is C18H23N5O3S. The minimum atomic E-state index is -3.69. The van der Waals surface area contributed by atoms with Crippen LogP contribution in [0.15, 0.2) is 35.2 Å². The standard InChI is InChI=1S/C18H23N5O3S/c1-13-21-16(12-17(22-13)23-10-2-3-11-23)18(24)20-9-8-14-4-6-15(7-5-14)27(19,25)26/h4-7,12H,2-3,8-11H2,1H3,(H,20,24)(H2,19,25,26). The molecule has 0 atom stereocenters. The number of nitrogens with zero attached hydrogens (tertiary/aromatic N) is 3. The highest BCUT2D eigenvalue weighted by Gasteiger charge is 2.17. The van der Waals surface area contributed by atoms with Gasteiger partial charge in [-0.3, -0.25) is 4.79 Å². The van der Waals surface area contributed by atoms with Gasteiger partial charge in [-0.2, -0.15) is 0 Å². The molecule has 1 amide bonds. The van der Waals surface area contributed by atoms with E-state index in [4.69, 9.17) is 5.14 Å². The van der Waals surface area contributed by atoms with Gasteiger partial charge in [0.2, 0.25) is 10.0 Å². The second-order valence-corrected chi connectivity index (χ2v) is 8.11. The molecule has 144 valence electrons. The topological polar surface area (TPSA) is 118 Å². The number of sulfonamides is 1. The molecule has 1 aliphatic rings. The number of rotatable bonds is 6. The lowest BCUT2D eigenvalue weighted by Gasteiger charge is -2.17. The lowest BCUT2D eigenvalue weighted by atomic mass is 10.1. The summed E-state index contributed by atoms with van der Waals surface area (Å²) in [4.78, 5) is 23.3. The Labute approximate surface area is 158 Å². The van der Waals surface area contributed by atoms with Crippen LogP contribution in [0.3, 0.4) is 0 Å². The van der Waals surface area contributed by atoms with Crippen LogP contribution in [0.2, 0.25) is 0 Å². The van der Waals surface area contributed by atoms with Crippen LogP contribution in [0.5, 0.6) is 0 Å². The van der Waals surface area contributed by atoms with E-state index in [1.165, 1.54) is 12.1 Å². The second-order valence-electron chi connectivity index (χ2n) is 6.55. The van der Waals surface area contributed by atoms with Crippen molar-refractivity contribution in [3.05, 3.63) is 47.4 Å². The number of hydrogen-bond acceptors (Lipinski definition) is 6. The Morgan fingerprint density at radius 3 is 2.48 bits per heavy atom. The summed E-state index contributed by atoms with van der Waals surface area (Å²) in [6, 6.07) is 8.03. The third-order valence-electron chi connectivity index (χ3n) is 4.44. The number of aryl methyl sites for hydroxylation is 1. The zero-order valence-corrected chi connectivity index (χ0v) is 16.0. The highest BCUT2D eigenvalue weighted by Crippen LogP contribution is 2.18. The Kier molecular flexibility index (Phi) is 5.71. The maximum Gasteiger partial charge on any atom is 0.270 e. The molecule has 2 heterocycles. The fourth-order valence-electron chi connectivity index (χ4n) is 3.03. The monoisotopic (exact) mass is 389 g/mol. The van der Waals surface area contributed by atoms with Gasteiger partial charge in [-0.15, -0.1) is 0 Å². The quantitative estimate of drug-likeness (QED) is 0.761. The number of nitrogens with one attached hydrogen (secondary N) is 1. The molecule has 1 aliphatic heterocycles. The summed E-state index contributed by atoms with van der Waals surface area (Å²) in [6.45, 7) is 4.09. The molecule has 0 radical (unpaired) electrons. The Morgan fingerprint density at radius 1 is 1.19 bits per heavy atom. The second kappa shape index (κ2) is 8.01. The first kappa shape index (κ1) is 19.2. The van der Waals surface area contributed by atoms with Gasteiger partial charge in [-0.25, -0.2) is 23.5 Å². The average molecular weight is 389 g/mol.